The molecule has 0 amide bonds. The molecule has 0 saturated carbocycles. The summed E-state index contributed by atoms with van der Waals surface area (Å²) in [6.07, 6.45) is 4.35. The number of hydrogen-bond donors (Lipinski definition) is 1. The zero-order valence-electron chi connectivity index (χ0n) is 12.0. The maximum Gasteiger partial charge on any atom is 0.115 e. The molecule has 3 rings (SSSR count). The molecule has 21 heavy (non-hydrogen) atoms. The van der Waals surface area contributed by atoms with Gasteiger partial charge in [-0.05, 0) is 42.1 Å². The van der Waals surface area contributed by atoms with Crippen molar-refractivity contribution < 1.29 is 5.11 Å². The number of anilines is 1. The lowest BCUT2D eigenvalue weighted by Crippen LogP contribution is -2.44. The highest BCUT2D eigenvalue weighted by Gasteiger charge is 2.14. The monoisotopic (exact) mass is 280 g/mol. The first kappa shape index (κ1) is 13.6. The summed E-state index contributed by atoms with van der Waals surface area (Å²) < 4.78 is 0. The van der Waals surface area contributed by atoms with Gasteiger partial charge in [-0.1, -0.05) is 30.3 Å². The van der Waals surface area contributed by atoms with E-state index >= 15 is 0 Å². The van der Waals surface area contributed by atoms with Crippen LogP contribution in [0.4, 0.5) is 5.69 Å². The summed E-state index contributed by atoms with van der Waals surface area (Å²) in [6.45, 7) is 4.04. The van der Waals surface area contributed by atoms with Crippen LogP contribution in [-0.4, -0.2) is 36.2 Å². The van der Waals surface area contributed by atoms with E-state index in [1.165, 1.54) is 11.3 Å². The second kappa shape index (κ2) is 6.35. The average Bonchev–Trinajstić information content (AvgIpc) is 2.55. The molecular formula is C18H20N2O. The molecule has 0 aliphatic carbocycles. The van der Waals surface area contributed by atoms with Crippen molar-refractivity contribution in [1.29, 1.82) is 0 Å². The zero-order chi connectivity index (χ0) is 14.5. The molecule has 2 aromatic carbocycles. The van der Waals surface area contributed by atoms with Crippen LogP contribution in [0.3, 0.4) is 0 Å². The summed E-state index contributed by atoms with van der Waals surface area (Å²) in [7, 11) is 0. The quantitative estimate of drug-likeness (QED) is 0.935. The van der Waals surface area contributed by atoms with Crippen LogP contribution in [-0.2, 0) is 0 Å². The van der Waals surface area contributed by atoms with Crippen LogP contribution in [0.1, 0.15) is 5.56 Å². The highest BCUT2D eigenvalue weighted by molar-refractivity contribution is 5.50. The van der Waals surface area contributed by atoms with Gasteiger partial charge in [-0.3, -0.25) is 0 Å². The normalized spacial score (nSPS) is 15.6. The zero-order valence-corrected chi connectivity index (χ0v) is 12.0. The molecule has 3 nitrogen and oxygen atoms in total. The average molecular weight is 280 g/mol. The van der Waals surface area contributed by atoms with Gasteiger partial charge in [-0.2, -0.15) is 0 Å². The standard InChI is InChI=1S/C18H20N2O/c21-18-8-6-17(7-9-18)20-14-12-19(13-15-20)11-10-16-4-2-1-3-5-16/h1-11,21H,12-15H2. The van der Waals surface area contributed by atoms with Crippen LogP contribution in [0, 0.1) is 0 Å². The molecule has 1 fully saturated rings. The van der Waals surface area contributed by atoms with Gasteiger partial charge in [0.15, 0.2) is 0 Å². The Kier molecular flexibility index (Phi) is 4.10. The van der Waals surface area contributed by atoms with E-state index in [-0.39, 0.29) is 0 Å². The van der Waals surface area contributed by atoms with Crippen LogP contribution in [0.2, 0.25) is 0 Å². The summed E-state index contributed by atoms with van der Waals surface area (Å²) in [4.78, 5) is 4.70. The lowest BCUT2D eigenvalue weighted by molar-refractivity contribution is 0.351. The van der Waals surface area contributed by atoms with Gasteiger partial charge < -0.3 is 14.9 Å². The van der Waals surface area contributed by atoms with Crippen molar-refractivity contribution in [3.63, 3.8) is 0 Å². The summed E-state index contributed by atoms with van der Waals surface area (Å²) >= 11 is 0. The van der Waals surface area contributed by atoms with Crippen molar-refractivity contribution in [2.24, 2.45) is 0 Å². The summed E-state index contributed by atoms with van der Waals surface area (Å²) in [5.74, 6) is 0.322. The highest BCUT2D eigenvalue weighted by atomic mass is 16.3. The lowest BCUT2D eigenvalue weighted by Gasteiger charge is -2.35. The van der Waals surface area contributed by atoms with E-state index < -0.39 is 0 Å². The number of rotatable bonds is 3. The van der Waals surface area contributed by atoms with Gasteiger partial charge in [0.05, 0.1) is 0 Å². The summed E-state index contributed by atoms with van der Waals surface area (Å²) in [5, 5.41) is 9.34. The molecule has 1 aliphatic rings. The van der Waals surface area contributed by atoms with Crippen molar-refractivity contribution >= 4 is 11.8 Å². The number of aromatic hydroxyl groups is 1. The lowest BCUT2D eigenvalue weighted by atomic mass is 10.2. The Bertz CT molecular complexity index is 584. The van der Waals surface area contributed by atoms with Gasteiger partial charge in [0.25, 0.3) is 0 Å². The molecule has 0 unspecified atom stereocenters. The minimum absolute atomic E-state index is 0.322. The summed E-state index contributed by atoms with van der Waals surface area (Å²) in [6, 6.07) is 17.8. The Labute approximate surface area is 125 Å². The van der Waals surface area contributed by atoms with E-state index in [4.69, 9.17) is 0 Å². The van der Waals surface area contributed by atoms with Gasteiger partial charge in [0, 0.05) is 31.9 Å². The third-order valence-corrected chi connectivity index (χ3v) is 3.81. The molecule has 0 aromatic heterocycles. The Hall–Kier alpha value is -2.42. The Balaban J connectivity index is 1.55. The first-order valence-corrected chi connectivity index (χ1v) is 7.32. The van der Waals surface area contributed by atoms with E-state index in [0.717, 1.165) is 26.2 Å². The smallest absolute Gasteiger partial charge is 0.115 e. The molecule has 2 aromatic rings. The van der Waals surface area contributed by atoms with E-state index in [0.29, 0.717) is 5.75 Å². The molecule has 1 N–H and O–H groups in total. The fraction of sp³-hybridized carbons (Fsp3) is 0.222. The van der Waals surface area contributed by atoms with E-state index in [1.807, 2.05) is 18.2 Å². The van der Waals surface area contributed by atoms with E-state index in [2.05, 4.69) is 46.3 Å². The van der Waals surface area contributed by atoms with Crippen LogP contribution in [0.5, 0.6) is 5.75 Å². The molecule has 1 heterocycles. The van der Waals surface area contributed by atoms with Crippen LogP contribution >= 0.6 is 0 Å². The maximum absolute atomic E-state index is 9.34. The molecular weight excluding hydrogens is 260 g/mol. The largest absolute Gasteiger partial charge is 0.508 e. The first-order chi connectivity index (χ1) is 10.3. The molecule has 0 bridgehead atoms. The van der Waals surface area contributed by atoms with E-state index in [9.17, 15) is 5.11 Å². The van der Waals surface area contributed by atoms with E-state index in [1.54, 1.807) is 12.1 Å². The Morgan fingerprint density at radius 2 is 1.48 bits per heavy atom. The number of hydrogen-bond acceptors (Lipinski definition) is 3. The Morgan fingerprint density at radius 1 is 0.810 bits per heavy atom. The molecule has 1 aliphatic heterocycles. The number of piperazine rings is 1. The van der Waals surface area contributed by atoms with Gasteiger partial charge >= 0.3 is 0 Å². The predicted octanol–water partition coefficient (Wildman–Crippen LogP) is 3.19. The summed E-state index contributed by atoms with van der Waals surface area (Å²) in [5.41, 5.74) is 2.41. The van der Waals surface area contributed by atoms with Gasteiger partial charge in [0.1, 0.15) is 5.75 Å². The fourth-order valence-electron chi connectivity index (χ4n) is 2.55. The molecule has 1 saturated heterocycles. The molecule has 0 radical (unpaired) electrons. The Morgan fingerprint density at radius 3 is 2.14 bits per heavy atom. The van der Waals surface area contributed by atoms with Crippen LogP contribution in [0.15, 0.2) is 60.8 Å². The van der Waals surface area contributed by atoms with Crippen LogP contribution < -0.4 is 4.90 Å². The van der Waals surface area contributed by atoms with Gasteiger partial charge in [-0.15, -0.1) is 0 Å². The topological polar surface area (TPSA) is 26.7 Å². The second-order valence-electron chi connectivity index (χ2n) is 5.27. The van der Waals surface area contributed by atoms with Crippen molar-refractivity contribution in [3.05, 3.63) is 66.4 Å². The minimum atomic E-state index is 0.322. The van der Waals surface area contributed by atoms with Crippen molar-refractivity contribution in [3.8, 4) is 5.75 Å². The second-order valence-corrected chi connectivity index (χ2v) is 5.27. The fourth-order valence-corrected chi connectivity index (χ4v) is 2.55. The number of benzene rings is 2. The minimum Gasteiger partial charge on any atom is -0.508 e. The molecule has 3 heteroatoms. The third kappa shape index (κ3) is 3.57. The van der Waals surface area contributed by atoms with Crippen LogP contribution in [0.25, 0.3) is 6.08 Å². The number of phenols is 1. The van der Waals surface area contributed by atoms with Gasteiger partial charge in [-0.25, -0.2) is 0 Å². The first-order valence-electron chi connectivity index (χ1n) is 7.32. The van der Waals surface area contributed by atoms with Crippen molar-refractivity contribution in [2.75, 3.05) is 31.1 Å². The predicted molar refractivity (Wildman–Crippen MR) is 87.4 cm³/mol. The van der Waals surface area contributed by atoms with Crippen molar-refractivity contribution in [1.82, 2.24) is 4.90 Å². The molecule has 108 valence electrons. The number of phenolic OH excluding ortho intramolecular Hbond substituents is 1. The SMILES string of the molecule is Oc1ccc(N2CCN(C=Cc3ccccc3)CC2)cc1. The number of nitrogens with zero attached hydrogens (tertiary/aromatic N) is 2. The third-order valence-electron chi connectivity index (χ3n) is 3.81. The maximum atomic E-state index is 9.34. The molecule has 0 atom stereocenters. The van der Waals surface area contributed by atoms with Crippen molar-refractivity contribution in [2.45, 2.75) is 0 Å². The highest BCUT2D eigenvalue weighted by Crippen LogP contribution is 2.20. The molecule has 0 spiro atoms. The van der Waals surface area contributed by atoms with Gasteiger partial charge in [0.2, 0.25) is 0 Å².